The van der Waals surface area contributed by atoms with Crippen molar-refractivity contribution in [1.29, 1.82) is 0 Å². The highest BCUT2D eigenvalue weighted by molar-refractivity contribution is 7.89. The predicted octanol–water partition coefficient (Wildman–Crippen LogP) is 3.65. The molecule has 0 aliphatic heterocycles. The topological polar surface area (TPSA) is 102 Å². The Balaban J connectivity index is 1.34. The fourth-order valence-electron chi connectivity index (χ4n) is 3.45. The van der Waals surface area contributed by atoms with Crippen LogP contribution in [0.1, 0.15) is 39.7 Å². The Bertz CT molecular complexity index is 1210. The van der Waals surface area contributed by atoms with Gasteiger partial charge >= 0.3 is 5.97 Å². The molecule has 2 aromatic carbocycles. The van der Waals surface area contributed by atoms with Crippen LogP contribution in [0.3, 0.4) is 0 Å². The highest BCUT2D eigenvalue weighted by atomic mass is 32.2. The van der Waals surface area contributed by atoms with E-state index < -0.39 is 28.5 Å². The Morgan fingerprint density at radius 3 is 2.52 bits per heavy atom. The van der Waals surface area contributed by atoms with E-state index in [4.69, 9.17) is 4.74 Å². The third-order valence-electron chi connectivity index (χ3n) is 5.30. The van der Waals surface area contributed by atoms with E-state index >= 15 is 0 Å². The molecule has 1 fully saturated rings. The molecule has 1 aliphatic carbocycles. The van der Waals surface area contributed by atoms with Gasteiger partial charge in [0.2, 0.25) is 10.0 Å². The summed E-state index contributed by atoms with van der Waals surface area (Å²) in [6.45, 7) is -0.277. The number of carbonyl (C=O) groups excluding carboxylic acids is 2. The van der Waals surface area contributed by atoms with Crippen molar-refractivity contribution in [3.63, 3.8) is 0 Å². The quantitative estimate of drug-likeness (QED) is 0.428. The SMILES string of the molecule is O=C(COC(=O)c1cccc(S(=O)(=O)NCc2cccs2)c1)NC(c1ccccc1)C1CC1. The van der Waals surface area contributed by atoms with Crippen LogP contribution in [-0.2, 0) is 26.1 Å². The molecule has 0 spiro atoms. The lowest BCUT2D eigenvalue weighted by Gasteiger charge is -2.18. The minimum absolute atomic E-state index is 0.0455. The Morgan fingerprint density at radius 1 is 1.03 bits per heavy atom. The van der Waals surface area contributed by atoms with Crippen molar-refractivity contribution in [2.75, 3.05) is 6.61 Å². The maximum atomic E-state index is 12.6. The van der Waals surface area contributed by atoms with Gasteiger partial charge in [0.05, 0.1) is 16.5 Å². The van der Waals surface area contributed by atoms with Crippen LogP contribution in [0.15, 0.2) is 77.0 Å². The van der Waals surface area contributed by atoms with E-state index in [1.165, 1.54) is 35.6 Å². The first kappa shape index (κ1) is 23.2. The molecular formula is C24H24N2O5S2. The summed E-state index contributed by atoms with van der Waals surface area (Å²) >= 11 is 1.45. The predicted molar refractivity (Wildman–Crippen MR) is 125 cm³/mol. The molecule has 3 aromatic rings. The summed E-state index contributed by atoms with van der Waals surface area (Å²) < 4.78 is 32.8. The van der Waals surface area contributed by atoms with Crippen molar-refractivity contribution >= 4 is 33.2 Å². The van der Waals surface area contributed by atoms with E-state index in [2.05, 4.69) is 10.0 Å². The summed E-state index contributed by atoms with van der Waals surface area (Å²) in [6, 6.07) is 18.8. The number of carbonyl (C=O) groups is 2. The number of nitrogens with one attached hydrogen (secondary N) is 2. The Kier molecular flexibility index (Phi) is 7.22. The van der Waals surface area contributed by atoms with Crippen molar-refractivity contribution < 1.29 is 22.7 Å². The summed E-state index contributed by atoms with van der Waals surface area (Å²) in [5, 5.41) is 4.81. The summed E-state index contributed by atoms with van der Waals surface area (Å²) in [4.78, 5) is 25.7. The summed E-state index contributed by atoms with van der Waals surface area (Å²) in [7, 11) is -3.80. The van der Waals surface area contributed by atoms with Crippen LogP contribution >= 0.6 is 11.3 Å². The number of thiophene rings is 1. The average Bonchev–Trinajstić information content (AvgIpc) is 3.54. The van der Waals surface area contributed by atoms with Crippen LogP contribution in [0.4, 0.5) is 0 Å². The molecule has 1 unspecified atom stereocenters. The zero-order valence-corrected chi connectivity index (χ0v) is 19.4. The van der Waals surface area contributed by atoms with E-state index in [0.717, 1.165) is 23.3 Å². The normalized spacial score (nSPS) is 14.4. The first-order valence-electron chi connectivity index (χ1n) is 10.6. The molecule has 1 heterocycles. The molecule has 172 valence electrons. The van der Waals surface area contributed by atoms with Crippen molar-refractivity contribution in [3.8, 4) is 0 Å². The van der Waals surface area contributed by atoms with E-state index in [9.17, 15) is 18.0 Å². The average molecular weight is 485 g/mol. The Hall–Kier alpha value is -3.01. The van der Waals surface area contributed by atoms with Gasteiger partial charge < -0.3 is 10.1 Å². The minimum atomic E-state index is -3.80. The van der Waals surface area contributed by atoms with Crippen LogP contribution < -0.4 is 10.0 Å². The van der Waals surface area contributed by atoms with Gasteiger partial charge in [0, 0.05) is 11.4 Å². The van der Waals surface area contributed by atoms with Crippen LogP contribution in [0.2, 0.25) is 0 Å². The zero-order valence-electron chi connectivity index (χ0n) is 17.8. The fraction of sp³-hybridized carbons (Fsp3) is 0.250. The summed E-state index contributed by atoms with van der Waals surface area (Å²) in [5.41, 5.74) is 1.08. The van der Waals surface area contributed by atoms with Crippen LogP contribution in [0.5, 0.6) is 0 Å². The minimum Gasteiger partial charge on any atom is -0.452 e. The number of esters is 1. The molecule has 2 N–H and O–H groups in total. The number of sulfonamides is 1. The van der Waals surface area contributed by atoms with Gasteiger partial charge in [-0.1, -0.05) is 42.5 Å². The van der Waals surface area contributed by atoms with Gasteiger partial charge in [0.1, 0.15) is 0 Å². The first-order chi connectivity index (χ1) is 15.9. The molecule has 0 radical (unpaired) electrons. The molecule has 4 rings (SSSR count). The molecule has 7 nitrogen and oxygen atoms in total. The van der Waals surface area contributed by atoms with Crippen molar-refractivity contribution in [2.24, 2.45) is 5.92 Å². The summed E-state index contributed by atoms with van der Waals surface area (Å²) in [5.74, 6) is -0.774. The van der Waals surface area contributed by atoms with Gasteiger partial charge in [0.25, 0.3) is 5.91 Å². The monoisotopic (exact) mass is 484 g/mol. The second-order valence-corrected chi connectivity index (χ2v) is 10.6. The van der Waals surface area contributed by atoms with Gasteiger partial charge in [-0.2, -0.15) is 0 Å². The second-order valence-electron chi connectivity index (χ2n) is 7.80. The number of ether oxygens (including phenoxy) is 1. The van der Waals surface area contributed by atoms with Gasteiger partial charge in [-0.3, -0.25) is 4.79 Å². The maximum Gasteiger partial charge on any atom is 0.338 e. The molecule has 0 bridgehead atoms. The second kappa shape index (κ2) is 10.3. The summed E-state index contributed by atoms with van der Waals surface area (Å²) in [6.07, 6.45) is 2.09. The zero-order chi connectivity index (χ0) is 23.3. The van der Waals surface area contributed by atoms with Crippen molar-refractivity contribution in [3.05, 3.63) is 88.1 Å². The fourth-order valence-corrected chi connectivity index (χ4v) is 5.23. The van der Waals surface area contributed by atoms with Gasteiger partial charge in [-0.25, -0.2) is 17.9 Å². The lowest BCUT2D eigenvalue weighted by Crippen LogP contribution is -2.33. The molecule has 1 atom stereocenters. The van der Waals surface area contributed by atoms with E-state index in [1.807, 2.05) is 47.8 Å². The number of amides is 1. The molecule has 1 saturated carbocycles. The lowest BCUT2D eigenvalue weighted by atomic mass is 10.0. The largest absolute Gasteiger partial charge is 0.452 e. The van der Waals surface area contributed by atoms with E-state index in [-0.39, 0.29) is 23.0 Å². The number of benzene rings is 2. The highest BCUT2D eigenvalue weighted by Gasteiger charge is 2.33. The van der Waals surface area contributed by atoms with Crippen LogP contribution in [0, 0.1) is 5.92 Å². The molecule has 33 heavy (non-hydrogen) atoms. The molecule has 9 heteroatoms. The van der Waals surface area contributed by atoms with E-state index in [1.54, 1.807) is 0 Å². The third kappa shape index (κ3) is 6.28. The van der Waals surface area contributed by atoms with Gasteiger partial charge in [-0.15, -0.1) is 11.3 Å². The first-order valence-corrected chi connectivity index (χ1v) is 12.9. The number of hydrogen-bond acceptors (Lipinski definition) is 6. The Labute approximate surface area is 196 Å². The third-order valence-corrected chi connectivity index (χ3v) is 7.57. The maximum absolute atomic E-state index is 12.6. The highest BCUT2D eigenvalue weighted by Crippen LogP contribution is 2.40. The Morgan fingerprint density at radius 2 is 1.82 bits per heavy atom. The van der Waals surface area contributed by atoms with Gasteiger partial charge in [-0.05, 0) is 54.0 Å². The number of hydrogen-bond donors (Lipinski definition) is 2. The van der Waals surface area contributed by atoms with Crippen LogP contribution in [-0.4, -0.2) is 26.9 Å². The van der Waals surface area contributed by atoms with Gasteiger partial charge in [0.15, 0.2) is 6.61 Å². The van der Waals surface area contributed by atoms with Crippen LogP contribution in [0.25, 0.3) is 0 Å². The van der Waals surface area contributed by atoms with Crippen molar-refractivity contribution in [1.82, 2.24) is 10.0 Å². The smallest absolute Gasteiger partial charge is 0.338 e. The standard InChI is InChI=1S/C24H24N2O5S2/c27-22(26-23(18-11-12-18)17-6-2-1-3-7-17)16-31-24(28)19-8-4-10-21(14-19)33(29,30)25-15-20-9-5-13-32-20/h1-10,13-14,18,23,25H,11-12,15-16H2,(H,26,27). The number of rotatable bonds is 10. The van der Waals surface area contributed by atoms with Crippen molar-refractivity contribution in [2.45, 2.75) is 30.3 Å². The molecule has 1 aliphatic rings. The van der Waals surface area contributed by atoms with E-state index in [0.29, 0.717) is 5.92 Å². The lowest BCUT2D eigenvalue weighted by molar-refractivity contribution is -0.125. The molecule has 0 saturated heterocycles. The molecule has 1 aromatic heterocycles. The molecular weight excluding hydrogens is 460 g/mol. The molecule has 1 amide bonds.